The first-order chi connectivity index (χ1) is 9.92. The molecule has 21 heavy (non-hydrogen) atoms. The normalized spacial score (nSPS) is 10.9. The van der Waals surface area contributed by atoms with Crippen molar-refractivity contribution in [1.29, 1.82) is 5.26 Å². The smallest absolute Gasteiger partial charge is 0.122 e. The minimum Gasteiger partial charge on any atom is -0.397 e. The number of rotatable bonds is 4. The van der Waals surface area contributed by atoms with Gasteiger partial charge in [-0.05, 0) is 36.1 Å². The van der Waals surface area contributed by atoms with E-state index in [4.69, 9.17) is 28.9 Å². The zero-order chi connectivity index (χ0) is 15.6. The van der Waals surface area contributed by atoms with Gasteiger partial charge in [-0.25, -0.2) is 0 Å². The standard InChI is InChI=1S/C16H17Cl2N3/c1-10(2)5-16-15(20)7-13(8-19)21(16)9-11-3-4-12(17)6-14(11)18/h3-4,6-7,10H,5,9,20H2,1-2H3. The molecule has 1 aromatic carbocycles. The second-order valence-electron chi connectivity index (χ2n) is 5.46. The van der Waals surface area contributed by atoms with Crippen LogP contribution in [-0.4, -0.2) is 4.57 Å². The number of hydrogen-bond acceptors (Lipinski definition) is 2. The van der Waals surface area contributed by atoms with Gasteiger partial charge in [-0.15, -0.1) is 0 Å². The Labute approximate surface area is 134 Å². The maximum atomic E-state index is 9.30. The minimum absolute atomic E-state index is 0.452. The number of aromatic nitrogens is 1. The fourth-order valence-corrected chi connectivity index (χ4v) is 2.79. The van der Waals surface area contributed by atoms with Crippen LogP contribution in [0.15, 0.2) is 24.3 Å². The number of benzene rings is 1. The van der Waals surface area contributed by atoms with Gasteiger partial charge < -0.3 is 10.3 Å². The molecule has 2 N–H and O–H groups in total. The number of nitrogens with zero attached hydrogens (tertiary/aromatic N) is 2. The molecule has 0 aliphatic heterocycles. The number of hydrogen-bond donors (Lipinski definition) is 1. The Kier molecular flexibility index (Phi) is 4.82. The van der Waals surface area contributed by atoms with E-state index in [0.717, 1.165) is 17.7 Å². The lowest BCUT2D eigenvalue weighted by Gasteiger charge is -2.14. The molecule has 5 heteroatoms. The van der Waals surface area contributed by atoms with Gasteiger partial charge >= 0.3 is 0 Å². The first kappa shape index (κ1) is 15.8. The Morgan fingerprint density at radius 3 is 2.57 bits per heavy atom. The van der Waals surface area contributed by atoms with Crippen LogP contribution in [0.25, 0.3) is 0 Å². The van der Waals surface area contributed by atoms with Crippen LogP contribution >= 0.6 is 23.2 Å². The van der Waals surface area contributed by atoms with Crippen molar-refractivity contribution >= 4 is 28.9 Å². The highest BCUT2D eigenvalue weighted by Gasteiger charge is 2.15. The van der Waals surface area contributed by atoms with Gasteiger partial charge in [0, 0.05) is 15.7 Å². The Balaban J connectivity index is 2.45. The van der Waals surface area contributed by atoms with Crippen LogP contribution < -0.4 is 5.73 Å². The molecule has 2 aromatic rings. The monoisotopic (exact) mass is 321 g/mol. The lowest BCUT2D eigenvalue weighted by Crippen LogP contribution is -2.10. The highest BCUT2D eigenvalue weighted by molar-refractivity contribution is 6.35. The van der Waals surface area contributed by atoms with Crippen molar-refractivity contribution in [2.45, 2.75) is 26.8 Å². The molecule has 0 aliphatic rings. The SMILES string of the molecule is CC(C)Cc1c(N)cc(C#N)n1Cc1ccc(Cl)cc1Cl. The summed E-state index contributed by atoms with van der Waals surface area (Å²) in [5.41, 5.74) is 9.16. The Morgan fingerprint density at radius 2 is 2.00 bits per heavy atom. The first-order valence-electron chi connectivity index (χ1n) is 6.74. The Morgan fingerprint density at radius 1 is 1.29 bits per heavy atom. The lowest BCUT2D eigenvalue weighted by molar-refractivity contribution is 0.604. The molecule has 0 saturated heterocycles. The van der Waals surface area contributed by atoms with Crippen molar-refractivity contribution < 1.29 is 0 Å². The van der Waals surface area contributed by atoms with E-state index < -0.39 is 0 Å². The van der Waals surface area contributed by atoms with E-state index in [1.165, 1.54) is 0 Å². The van der Waals surface area contributed by atoms with E-state index in [2.05, 4.69) is 19.9 Å². The largest absolute Gasteiger partial charge is 0.397 e. The summed E-state index contributed by atoms with van der Waals surface area (Å²) < 4.78 is 1.93. The quantitative estimate of drug-likeness (QED) is 0.901. The molecule has 0 spiro atoms. The van der Waals surface area contributed by atoms with E-state index in [0.29, 0.717) is 33.9 Å². The number of anilines is 1. The van der Waals surface area contributed by atoms with Crippen LogP contribution in [0.1, 0.15) is 30.8 Å². The van der Waals surface area contributed by atoms with Crippen molar-refractivity contribution in [2.75, 3.05) is 5.73 Å². The molecule has 0 amide bonds. The van der Waals surface area contributed by atoms with Gasteiger partial charge in [0.25, 0.3) is 0 Å². The maximum absolute atomic E-state index is 9.30. The molecule has 110 valence electrons. The van der Waals surface area contributed by atoms with Crippen LogP contribution in [0.3, 0.4) is 0 Å². The molecule has 1 aromatic heterocycles. The average molecular weight is 322 g/mol. The number of nitriles is 1. The van der Waals surface area contributed by atoms with Crippen molar-refractivity contribution in [3.05, 3.63) is 51.3 Å². The topological polar surface area (TPSA) is 54.7 Å². The third kappa shape index (κ3) is 3.53. The Bertz CT molecular complexity index is 696. The van der Waals surface area contributed by atoms with Crippen molar-refractivity contribution in [2.24, 2.45) is 5.92 Å². The first-order valence-corrected chi connectivity index (χ1v) is 7.50. The average Bonchev–Trinajstić information content (AvgIpc) is 2.69. The van der Waals surface area contributed by atoms with E-state index in [-0.39, 0.29) is 0 Å². The van der Waals surface area contributed by atoms with Crippen LogP contribution in [0.5, 0.6) is 0 Å². The van der Waals surface area contributed by atoms with Crippen LogP contribution in [0.2, 0.25) is 10.0 Å². The molecule has 0 saturated carbocycles. The third-order valence-electron chi connectivity index (χ3n) is 3.30. The zero-order valence-electron chi connectivity index (χ0n) is 12.0. The number of nitrogens with two attached hydrogens (primary N) is 1. The summed E-state index contributed by atoms with van der Waals surface area (Å²) >= 11 is 12.1. The van der Waals surface area contributed by atoms with Crippen LogP contribution in [-0.2, 0) is 13.0 Å². The predicted octanol–water partition coefficient (Wildman–Crippen LogP) is 4.50. The third-order valence-corrected chi connectivity index (χ3v) is 3.89. The summed E-state index contributed by atoms with van der Waals surface area (Å²) in [6.45, 7) is 4.76. The van der Waals surface area contributed by atoms with Crippen LogP contribution in [0.4, 0.5) is 5.69 Å². The summed E-state index contributed by atoms with van der Waals surface area (Å²) in [6, 6.07) is 9.30. The van der Waals surface area contributed by atoms with Gasteiger partial charge in [-0.3, -0.25) is 0 Å². The second kappa shape index (κ2) is 6.43. The molecule has 0 bridgehead atoms. The predicted molar refractivity (Wildman–Crippen MR) is 87.7 cm³/mol. The van der Waals surface area contributed by atoms with Crippen molar-refractivity contribution in [1.82, 2.24) is 4.57 Å². The van der Waals surface area contributed by atoms with Crippen molar-refractivity contribution in [3.8, 4) is 6.07 Å². The van der Waals surface area contributed by atoms with E-state index >= 15 is 0 Å². The van der Waals surface area contributed by atoms with Gasteiger partial charge in [0.15, 0.2) is 0 Å². The number of halogens is 2. The molecule has 0 aliphatic carbocycles. The van der Waals surface area contributed by atoms with Gasteiger partial charge in [0.05, 0.1) is 12.2 Å². The van der Waals surface area contributed by atoms with Gasteiger partial charge in [0.1, 0.15) is 11.8 Å². The molecular weight excluding hydrogens is 305 g/mol. The van der Waals surface area contributed by atoms with Gasteiger partial charge in [-0.2, -0.15) is 5.26 Å². The summed E-state index contributed by atoms with van der Waals surface area (Å²) in [7, 11) is 0. The van der Waals surface area contributed by atoms with E-state index in [9.17, 15) is 5.26 Å². The van der Waals surface area contributed by atoms with E-state index in [1.807, 2.05) is 10.6 Å². The fourth-order valence-electron chi connectivity index (χ4n) is 2.32. The van der Waals surface area contributed by atoms with Gasteiger partial charge in [0.2, 0.25) is 0 Å². The molecule has 0 radical (unpaired) electrons. The second-order valence-corrected chi connectivity index (χ2v) is 6.31. The summed E-state index contributed by atoms with van der Waals surface area (Å²) in [4.78, 5) is 0. The molecular formula is C16H17Cl2N3. The molecule has 1 heterocycles. The fraction of sp³-hybridized carbons (Fsp3) is 0.312. The number of nitrogen functional groups attached to an aromatic ring is 1. The molecule has 0 fully saturated rings. The molecule has 3 nitrogen and oxygen atoms in total. The zero-order valence-corrected chi connectivity index (χ0v) is 13.5. The van der Waals surface area contributed by atoms with E-state index in [1.54, 1.807) is 18.2 Å². The highest BCUT2D eigenvalue weighted by Crippen LogP contribution is 2.26. The summed E-state index contributed by atoms with van der Waals surface area (Å²) in [5, 5.41) is 10.5. The molecule has 0 unspecified atom stereocenters. The minimum atomic E-state index is 0.452. The summed E-state index contributed by atoms with van der Waals surface area (Å²) in [6.07, 6.45) is 0.818. The van der Waals surface area contributed by atoms with Gasteiger partial charge in [-0.1, -0.05) is 43.1 Å². The van der Waals surface area contributed by atoms with Crippen LogP contribution in [0, 0.1) is 17.2 Å². The molecule has 0 atom stereocenters. The van der Waals surface area contributed by atoms with Crippen molar-refractivity contribution in [3.63, 3.8) is 0 Å². The lowest BCUT2D eigenvalue weighted by atomic mass is 10.1. The maximum Gasteiger partial charge on any atom is 0.122 e. The molecule has 2 rings (SSSR count). The summed E-state index contributed by atoms with van der Waals surface area (Å²) in [5.74, 6) is 0.452. The Hall–Kier alpha value is -1.63. The highest BCUT2D eigenvalue weighted by atomic mass is 35.5.